The number of rotatable bonds is 4. The highest BCUT2D eigenvalue weighted by molar-refractivity contribution is 7.89. The lowest BCUT2D eigenvalue weighted by atomic mass is 10.1. The molecule has 5 heteroatoms. The summed E-state index contributed by atoms with van der Waals surface area (Å²) in [6, 6.07) is 5.52. The fraction of sp³-hybridized carbons (Fsp3) is 0.625. The summed E-state index contributed by atoms with van der Waals surface area (Å²) in [5.74, 6) is 0. The van der Waals surface area contributed by atoms with Crippen molar-refractivity contribution in [1.29, 1.82) is 0 Å². The van der Waals surface area contributed by atoms with Crippen molar-refractivity contribution < 1.29 is 8.42 Å². The van der Waals surface area contributed by atoms with Crippen LogP contribution in [0.2, 0.25) is 0 Å². The van der Waals surface area contributed by atoms with E-state index in [2.05, 4.69) is 6.92 Å². The molecule has 1 heterocycles. The fourth-order valence-electron chi connectivity index (χ4n) is 3.16. The average molecular weight is 310 g/mol. The van der Waals surface area contributed by atoms with Crippen LogP contribution in [0.25, 0.3) is 0 Å². The van der Waals surface area contributed by atoms with Gasteiger partial charge in [0.15, 0.2) is 0 Å². The summed E-state index contributed by atoms with van der Waals surface area (Å²) < 4.78 is 27.9. The number of hydrogen-bond acceptors (Lipinski definition) is 3. The molecule has 2 rings (SSSR count). The van der Waals surface area contributed by atoms with Crippen molar-refractivity contribution in [3.63, 3.8) is 0 Å². The lowest BCUT2D eigenvalue weighted by Crippen LogP contribution is -2.40. The molecule has 1 aromatic rings. The van der Waals surface area contributed by atoms with Gasteiger partial charge < -0.3 is 5.73 Å². The zero-order chi connectivity index (χ0) is 15.5. The molecule has 1 aliphatic heterocycles. The lowest BCUT2D eigenvalue weighted by molar-refractivity contribution is 0.315. The molecule has 0 aromatic heterocycles. The van der Waals surface area contributed by atoms with Crippen molar-refractivity contribution in [3.8, 4) is 0 Å². The van der Waals surface area contributed by atoms with Gasteiger partial charge in [-0.2, -0.15) is 4.31 Å². The molecule has 1 aromatic carbocycles. The summed E-state index contributed by atoms with van der Waals surface area (Å²) in [6.07, 6.45) is 5.02. The van der Waals surface area contributed by atoms with Crippen molar-refractivity contribution in [2.75, 3.05) is 6.54 Å². The number of nitrogens with two attached hydrogens (primary N) is 1. The maximum absolute atomic E-state index is 13.1. The van der Waals surface area contributed by atoms with Gasteiger partial charge in [-0.15, -0.1) is 0 Å². The zero-order valence-electron chi connectivity index (χ0n) is 13.0. The maximum atomic E-state index is 13.1. The Morgan fingerprint density at radius 2 is 2.05 bits per heavy atom. The Labute approximate surface area is 128 Å². The monoisotopic (exact) mass is 310 g/mol. The van der Waals surface area contributed by atoms with E-state index >= 15 is 0 Å². The predicted octanol–water partition coefficient (Wildman–Crippen LogP) is 2.80. The Bertz CT molecular complexity index is 584. The quantitative estimate of drug-likeness (QED) is 0.930. The van der Waals surface area contributed by atoms with Crippen LogP contribution in [0.4, 0.5) is 0 Å². The molecule has 1 saturated heterocycles. The third-order valence-electron chi connectivity index (χ3n) is 4.50. The molecule has 1 atom stereocenters. The van der Waals surface area contributed by atoms with Gasteiger partial charge in [0, 0.05) is 19.1 Å². The van der Waals surface area contributed by atoms with Gasteiger partial charge in [0.05, 0.1) is 4.90 Å². The molecule has 4 nitrogen and oxygen atoms in total. The van der Waals surface area contributed by atoms with Gasteiger partial charge in [0.2, 0.25) is 10.0 Å². The Hall–Kier alpha value is -0.910. The van der Waals surface area contributed by atoms with E-state index < -0.39 is 10.0 Å². The molecule has 0 spiro atoms. The van der Waals surface area contributed by atoms with Crippen LogP contribution in [-0.4, -0.2) is 25.3 Å². The van der Waals surface area contributed by atoms with Gasteiger partial charge in [0.1, 0.15) is 0 Å². The van der Waals surface area contributed by atoms with Crippen molar-refractivity contribution in [1.82, 2.24) is 4.31 Å². The predicted molar refractivity (Wildman–Crippen MR) is 85.5 cm³/mol. The van der Waals surface area contributed by atoms with Gasteiger partial charge in [-0.1, -0.05) is 31.9 Å². The summed E-state index contributed by atoms with van der Waals surface area (Å²) in [7, 11) is -3.43. The second kappa shape index (κ2) is 6.90. The van der Waals surface area contributed by atoms with Gasteiger partial charge >= 0.3 is 0 Å². The number of hydrogen-bond donors (Lipinski definition) is 1. The average Bonchev–Trinajstić information content (AvgIpc) is 2.72. The van der Waals surface area contributed by atoms with Crippen molar-refractivity contribution in [2.24, 2.45) is 5.73 Å². The van der Waals surface area contributed by atoms with Crippen LogP contribution in [0, 0.1) is 6.92 Å². The van der Waals surface area contributed by atoms with Crippen LogP contribution in [0.1, 0.15) is 50.2 Å². The number of nitrogens with zero attached hydrogens (tertiary/aromatic N) is 1. The smallest absolute Gasteiger partial charge is 0.243 e. The van der Waals surface area contributed by atoms with E-state index in [9.17, 15) is 8.42 Å². The van der Waals surface area contributed by atoms with E-state index in [0.717, 1.165) is 43.2 Å². The molecule has 1 unspecified atom stereocenters. The molecule has 2 N–H and O–H groups in total. The van der Waals surface area contributed by atoms with Crippen LogP contribution < -0.4 is 5.73 Å². The van der Waals surface area contributed by atoms with Gasteiger partial charge in [-0.05, 0) is 43.4 Å². The largest absolute Gasteiger partial charge is 0.326 e. The van der Waals surface area contributed by atoms with Crippen LogP contribution in [0.15, 0.2) is 23.1 Å². The van der Waals surface area contributed by atoms with E-state index in [0.29, 0.717) is 18.0 Å². The Kier molecular flexibility index (Phi) is 5.41. The minimum atomic E-state index is -3.43. The van der Waals surface area contributed by atoms with Crippen molar-refractivity contribution in [2.45, 2.75) is 63.4 Å². The Balaban J connectivity index is 2.45. The van der Waals surface area contributed by atoms with Crippen molar-refractivity contribution in [3.05, 3.63) is 29.3 Å². The minimum absolute atomic E-state index is 0.124. The van der Waals surface area contributed by atoms with Crippen LogP contribution >= 0.6 is 0 Å². The Morgan fingerprint density at radius 3 is 2.71 bits per heavy atom. The highest BCUT2D eigenvalue weighted by Crippen LogP contribution is 2.28. The number of benzene rings is 1. The molecular weight excluding hydrogens is 284 g/mol. The standard InChI is InChI=1S/C16H26N2O2S/c1-3-15-9-5-4-6-11-18(15)21(19,20)16-10-7-8-14(12-17)13(16)2/h7-8,10,15H,3-6,9,11-12,17H2,1-2H3. The van der Waals surface area contributed by atoms with E-state index in [1.165, 1.54) is 0 Å². The highest BCUT2D eigenvalue weighted by atomic mass is 32.2. The first kappa shape index (κ1) is 16.5. The lowest BCUT2D eigenvalue weighted by Gasteiger charge is -2.29. The normalized spacial score (nSPS) is 21.2. The third kappa shape index (κ3) is 3.30. The van der Waals surface area contributed by atoms with Crippen LogP contribution in [-0.2, 0) is 16.6 Å². The molecule has 1 aliphatic rings. The van der Waals surface area contributed by atoms with Gasteiger partial charge in [-0.25, -0.2) is 8.42 Å². The van der Waals surface area contributed by atoms with E-state index in [4.69, 9.17) is 5.73 Å². The number of sulfonamides is 1. The fourth-order valence-corrected chi connectivity index (χ4v) is 5.20. The second-order valence-corrected chi connectivity index (χ2v) is 7.63. The molecule has 118 valence electrons. The summed E-state index contributed by atoms with van der Waals surface area (Å²) in [6.45, 7) is 4.93. The summed E-state index contributed by atoms with van der Waals surface area (Å²) in [5, 5.41) is 0. The molecule has 0 radical (unpaired) electrons. The SMILES string of the molecule is CCC1CCCCCN1S(=O)(=O)c1cccc(CN)c1C. The summed E-state index contributed by atoms with van der Waals surface area (Å²) in [4.78, 5) is 0.422. The molecule has 21 heavy (non-hydrogen) atoms. The van der Waals surface area contributed by atoms with Gasteiger partial charge in [0.25, 0.3) is 0 Å². The zero-order valence-corrected chi connectivity index (χ0v) is 13.8. The maximum Gasteiger partial charge on any atom is 0.243 e. The molecule has 0 aliphatic carbocycles. The summed E-state index contributed by atoms with van der Waals surface area (Å²) in [5.41, 5.74) is 7.40. The van der Waals surface area contributed by atoms with Crippen LogP contribution in [0.5, 0.6) is 0 Å². The second-order valence-electron chi connectivity index (χ2n) is 5.77. The molecule has 0 saturated carbocycles. The van der Waals surface area contributed by atoms with Crippen molar-refractivity contribution >= 4 is 10.0 Å². The molecule has 0 bridgehead atoms. The Morgan fingerprint density at radius 1 is 1.29 bits per heavy atom. The molecule has 1 fully saturated rings. The topological polar surface area (TPSA) is 63.4 Å². The minimum Gasteiger partial charge on any atom is -0.326 e. The first-order chi connectivity index (χ1) is 10.0. The van der Waals surface area contributed by atoms with E-state index in [-0.39, 0.29) is 6.04 Å². The van der Waals surface area contributed by atoms with Gasteiger partial charge in [-0.3, -0.25) is 0 Å². The third-order valence-corrected chi connectivity index (χ3v) is 6.59. The first-order valence-electron chi connectivity index (χ1n) is 7.82. The van der Waals surface area contributed by atoms with Crippen LogP contribution in [0.3, 0.4) is 0 Å². The molecule has 0 amide bonds. The van der Waals surface area contributed by atoms with E-state index in [1.807, 2.05) is 13.0 Å². The summed E-state index contributed by atoms with van der Waals surface area (Å²) >= 11 is 0. The highest BCUT2D eigenvalue weighted by Gasteiger charge is 2.32. The first-order valence-corrected chi connectivity index (χ1v) is 9.26. The van der Waals surface area contributed by atoms with E-state index in [1.54, 1.807) is 16.4 Å². The molecular formula is C16H26N2O2S.